The van der Waals surface area contributed by atoms with E-state index in [1.54, 1.807) is 12.1 Å². The fraction of sp³-hybridized carbons (Fsp3) is 0.278. The van der Waals surface area contributed by atoms with Crippen LogP contribution in [0.2, 0.25) is 5.02 Å². The number of hydrogen-bond acceptors (Lipinski definition) is 4. The van der Waals surface area contributed by atoms with Crippen molar-refractivity contribution in [2.24, 2.45) is 0 Å². The highest BCUT2D eigenvalue weighted by Gasteiger charge is 2.28. The first-order valence-corrected chi connectivity index (χ1v) is 10.0. The second-order valence-electron chi connectivity index (χ2n) is 6.43. The Labute approximate surface area is 158 Å². The summed E-state index contributed by atoms with van der Waals surface area (Å²) in [5.41, 5.74) is 1.76. The number of carbonyl (C=O) groups is 1. The summed E-state index contributed by atoms with van der Waals surface area (Å²) < 4.78 is 27.0. The summed E-state index contributed by atoms with van der Waals surface area (Å²) in [4.78, 5) is 14.5. The molecule has 1 aliphatic carbocycles. The van der Waals surface area contributed by atoms with Crippen molar-refractivity contribution in [1.82, 2.24) is 4.72 Å². The van der Waals surface area contributed by atoms with Crippen LogP contribution in [-0.4, -0.2) is 34.5 Å². The molecule has 8 heteroatoms. The van der Waals surface area contributed by atoms with Crippen molar-refractivity contribution in [3.63, 3.8) is 0 Å². The molecule has 0 aromatic heterocycles. The molecular weight excluding hydrogens is 374 g/mol. The maximum absolute atomic E-state index is 12.5. The molecule has 1 saturated carbocycles. The van der Waals surface area contributed by atoms with Crippen LogP contribution in [0, 0.1) is 0 Å². The van der Waals surface area contributed by atoms with Crippen LogP contribution in [-0.2, 0) is 10.0 Å². The second kappa shape index (κ2) is 7.26. The summed E-state index contributed by atoms with van der Waals surface area (Å²) in [6, 6.07) is 11.1. The topological polar surface area (TPSA) is 78.5 Å². The molecule has 26 heavy (non-hydrogen) atoms. The molecule has 1 aliphatic rings. The van der Waals surface area contributed by atoms with Crippen molar-refractivity contribution in [3.8, 4) is 0 Å². The Bertz CT molecular complexity index is 923. The van der Waals surface area contributed by atoms with Gasteiger partial charge in [0.2, 0.25) is 10.0 Å². The van der Waals surface area contributed by atoms with E-state index in [9.17, 15) is 13.2 Å². The van der Waals surface area contributed by atoms with Crippen LogP contribution in [0.1, 0.15) is 23.2 Å². The van der Waals surface area contributed by atoms with E-state index in [2.05, 4.69) is 10.0 Å². The molecule has 0 aliphatic heterocycles. The lowest BCUT2D eigenvalue weighted by Crippen LogP contribution is -2.25. The third kappa shape index (κ3) is 4.35. The Hall–Kier alpha value is -2.09. The Kier molecular flexibility index (Phi) is 5.22. The van der Waals surface area contributed by atoms with Gasteiger partial charge in [0.25, 0.3) is 5.91 Å². The number of nitrogens with zero attached hydrogens (tertiary/aromatic N) is 1. The average Bonchev–Trinajstić information content (AvgIpc) is 3.38. The predicted molar refractivity (Wildman–Crippen MR) is 104 cm³/mol. The highest BCUT2D eigenvalue weighted by atomic mass is 35.5. The molecular formula is C18H20ClN3O3S. The Morgan fingerprint density at radius 3 is 2.35 bits per heavy atom. The number of benzene rings is 2. The van der Waals surface area contributed by atoms with Crippen LogP contribution in [0.15, 0.2) is 47.4 Å². The Balaban J connectivity index is 1.78. The maximum Gasteiger partial charge on any atom is 0.255 e. The minimum Gasteiger partial charge on any atom is -0.376 e. The number of amides is 1. The predicted octanol–water partition coefficient (Wildman–Crippen LogP) is 3.10. The van der Waals surface area contributed by atoms with Gasteiger partial charge in [-0.25, -0.2) is 13.1 Å². The fourth-order valence-electron chi connectivity index (χ4n) is 2.47. The first-order chi connectivity index (χ1) is 12.3. The normalized spacial score (nSPS) is 14.1. The summed E-state index contributed by atoms with van der Waals surface area (Å²) in [6.45, 7) is 0. The van der Waals surface area contributed by atoms with Crippen molar-refractivity contribution in [2.45, 2.75) is 23.8 Å². The number of anilines is 2. The zero-order valence-corrected chi connectivity index (χ0v) is 16.1. The summed E-state index contributed by atoms with van der Waals surface area (Å²) in [5.74, 6) is -0.338. The van der Waals surface area contributed by atoms with E-state index in [0.717, 1.165) is 18.5 Å². The summed E-state index contributed by atoms with van der Waals surface area (Å²) >= 11 is 6.03. The standard InChI is InChI=1S/C18H20ClN3O3S/c1-22(2)17-10-5-13(19)11-16(17)20-18(23)12-3-8-15(9-4-12)26(24,25)21-14-6-7-14/h3-5,8-11,14,21H,6-7H2,1-2H3,(H,20,23). The van der Waals surface area contributed by atoms with Gasteiger partial charge in [0.15, 0.2) is 0 Å². The van der Waals surface area contributed by atoms with Gasteiger partial charge < -0.3 is 10.2 Å². The van der Waals surface area contributed by atoms with Crippen molar-refractivity contribution < 1.29 is 13.2 Å². The lowest BCUT2D eigenvalue weighted by Gasteiger charge is -2.18. The van der Waals surface area contributed by atoms with E-state index in [-0.39, 0.29) is 16.8 Å². The van der Waals surface area contributed by atoms with Gasteiger partial charge in [-0.05, 0) is 55.3 Å². The molecule has 3 rings (SSSR count). The van der Waals surface area contributed by atoms with Crippen LogP contribution < -0.4 is 14.9 Å². The zero-order chi connectivity index (χ0) is 18.9. The molecule has 0 heterocycles. The molecule has 2 aromatic rings. The molecule has 0 unspecified atom stereocenters. The van der Waals surface area contributed by atoms with Crippen molar-refractivity contribution in [1.29, 1.82) is 0 Å². The summed E-state index contributed by atoms with van der Waals surface area (Å²) in [7, 11) is 0.205. The van der Waals surface area contributed by atoms with E-state index in [1.165, 1.54) is 24.3 Å². The van der Waals surface area contributed by atoms with E-state index in [0.29, 0.717) is 16.3 Å². The first-order valence-electron chi connectivity index (χ1n) is 8.17. The third-order valence-electron chi connectivity index (χ3n) is 4.01. The third-order valence-corrected chi connectivity index (χ3v) is 5.79. The molecule has 2 N–H and O–H groups in total. The van der Waals surface area contributed by atoms with Gasteiger partial charge in [0.05, 0.1) is 16.3 Å². The highest BCUT2D eigenvalue weighted by molar-refractivity contribution is 7.89. The van der Waals surface area contributed by atoms with Gasteiger partial charge in [-0.15, -0.1) is 0 Å². The van der Waals surface area contributed by atoms with Crippen molar-refractivity contribution in [2.75, 3.05) is 24.3 Å². The number of rotatable bonds is 6. The highest BCUT2D eigenvalue weighted by Crippen LogP contribution is 2.28. The lowest BCUT2D eigenvalue weighted by atomic mass is 10.2. The van der Waals surface area contributed by atoms with Crippen LogP contribution in [0.3, 0.4) is 0 Å². The van der Waals surface area contributed by atoms with Gasteiger partial charge in [0, 0.05) is 30.7 Å². The number of halogens is 1. The first kappa shape index (κ1) is 18.7. The van der Waals surface area contributed by atoms with E-state index < -0.39 is 10.0 Å². The van der Waals surface area contributed by atoms with Crippen LogP contribution in [0.5, 0.6) is 0 Å². The van der Waals surface area contributed by atoms with Crippen LogP contribution in [0.4, 0.5) is 11.4 Å². The molecule has 0 saturated heterocycles. The van der Waals surface area contributed by atoms with Gasteiger partial charge in [-0.1, -0.05) is 11.6 Å². The Morgan fingerprint density at radius 1 is 1.12 bits per heavy atom. The molecule has 6 nitrogen and oxygen atoms in total. The second-order valence-corrected chi connectivity index (χ2v) is 8.58. The van der Waals surface area contributed by atoms with Gasteiger partial charge >= 0.3 is 0 Å². The number of sulfonamides is 1. The van der Waals surface area contributed by atoms with Crippen molar-refractivity contribution >= 4 is 38.9 Å². The van der Waals surface area contributed by atoms with E-state index in [1.807, 2.05) is 25.1 Å². The number of carbonyl (C=O) groups excluding carboxylic acids is 1. The smallest absolute Gasteiger partial charge is 0.255 e. The fourth-order valence-corrected chi connectivity index (χ4v) is 3.94. The zero-order valence-electron chi connectivity index (χ0n) is 14.5. The minimum absolute atomic E-state index is 0.0373. The van der Waals surface area contributed by atoms with Gasteiger partial charge in [0.1, 0.15) is 0 Å². The quantitative estimate of drug-likeness (QED) is 0.790. The van der Waals surface area contributed by atoms with Gasteiger partial charge in [-0.2, -0.15) is 0 Å². The largest absolute Gasteiger partial charge is 0.376 e. The van der Waals surface area contributed by atoms with E-state index in [4.69, 9.17) is 11.6 Å². The lowest BCUT2D eigenvalue weighted by molar-refractivity contribution is 0.102. The SMILES string of the molecule is CN(C)c1ccc(Cl)cc1NC(=O)c1ccc(S(=O)(=O)NC2CC2)cc1. The maximum atomic E-state index is 12.5. The Morgan fingerprint density at radius 2 is 1.77 bits per heavy atom. The molecule has 138 valence electrons. The monoisotopic (exact) mass is 393 g/mol. The summed E-state index contributed by atoms with van der Waals surface area (Å²) in [6.07, 6.45) is 1.74. The minimum atomic E-state index is -3.53. The molecule has 0 radical (unpaired) electrons. The van der Waals surface area contributed by atoms with Crippen LogP contribution >= 0.6 is 11.6 Å². The molecule has 1 fully saturated rings. The molecule has 2 aromatic carbocycles. The van der Waals surface area contributed by atoms with Gasteiger partial charge in [-0.3, -0.25) is 4.79 Å². The molecule has 0 spiro atoms. The van der Waals surface area contributed by atoms with E-state index >= 15 is 0 Å². The molecule has 1 amide bonds. The summed E-state index contributed by atoms with van der Waals surface area (Å²) in [5, 5.41) is 3.33. The molecule has 0 atom stereocenters. The number of nitrogens with one attached hydrogen (secondary N) is 2. The van der Waals surface area contributed by atoms with Crippen molar-refractivity contribution in [3.05, 3.63) is 53.1 Å². The van der Waals surface area contributed by atoms with Crippen LogP contribution in [0.25, 0.3) is 0 Å². The molecule has 0 bridgehead atoms. The number of hydrogen-bond donors (Lipinski definition) is 2. The average molecular weight is 394 g/mol.